The van der Waals surface area contributed by atoms with E-state index in [1.54, 1.807) is 0 Å². The molecule has 2 aromatic rings. The Morgan fingerprint density at radius 3 is 2.36 bits per heavy atom. The largest absolute Gasteiger partial charge is 0.298 e. The predicted octanol–water partition coefficient (Wildman–Crippen LogP) is 4.18. The minimum Gasteiger partial charge on any atom is -0.298 e. The Kier molecular flexibility index (Phi) is 2.70. The lowest BCUT2D eigenvalue weighted by molar-refractivity contribution is 0.112. The van der Waals surface area contributed by atoms with Gasteiger partial charge in [0.25, 0.3) is 0 Å². The van der Waals surface area contributed by atoms with Crippen LogP contribution in [0, 0.1) is 0 Å². The number of benzene rings is 2. The lowest BCUT2D eigenvalue weighted by Crippen LogP contribution is -1.85. The molecule has 0 radical (unpaired) electrons. The smallest absolute Gasteiger partial charge is 0.151 e. The summed E-state index contributed by atoms with van der Waals surface area (Å²) in [4.78, 5) is 10.8. The van der Waals surface area contributed by atoms with Gasteiger partial charge in [0.1, 0.15) is 0 Å². The molecule has 70 valence electrons. The van der Waals surface area contributed by atoms with Gasteiger partial charge in [0.2, 0.25) is 0 Å². The summed E-state index contributed by atoms with van der Waals surface area (Å²) in [7, 11) is 0. The van der Waals surface area contributed by atoms with E-state index in [1.165, 1.54) is 0 Å². The van der Waals surface area contributed by atoms with E-state index in [-0.39, 0.29) is 0 Å². The fourth-order valence-electron chi connectivity index (χ4n) is 1.40. The number of hydrogen-bond donors (Lipinski definition) is 0. The molecule has 3 heteroatoms. The van der Waals surface area contributed by atoms with Gasteiger partial charge in [-0.05, 0) is 32.8 Å². The number of rotatable bonds is 1. The molecule has 0 saturated carbocycles. The molecule has 2 aromatic carbocycles. The Balaban J connectivity index is 2.94. The quantitative estimate of drug-likeness (QED) is 0.722. The van der Waals surface area contributed by atoms with Crippen LogP contribution in [0.3, 0.4) is 0 Å². The highest BCUT2D eigenvalue weighted by Crippen LogP contribution is 2.32. The van der Waals surface area contributed by atoms with Crippen LogP contribution in [0.2, 0.25) is 0 Å². The number of halogens is 2. The number of aldehydes is 1. The van der Waals surface area contributed by atoms with Gasteiger partial charge in [0.05, 0.1) is 0 Å². The zero-order valence-electron chi connectivity index (χ0n) is 7.13. The third kappa shape index (κ3) is 1.51. The zero-order chi connectivity index (χ0) is 10.1. The van der Waals surface area contributed by atoms with Crippen LogP contribution in [-0.2, 0) is 0 Å². The first kappa shape index (κ1) is 9.87. The van der Waals surface area contributed by atoms with Crippen molar-refractivity contribution in [3.8, 4) is 0 Å². The normalized spacial score (nSPS) is 10.4. The van der Waals surface area contributed by atoms with Gasteiger partial charge in [-0.25, -0.2) is 0 Å². The van der Waals surface area contributed by atoms with Crippen LogP contribution in [0.5, 0.6) is 0 Å². The minimum absolute atomic E-state index is 0.663. The first-order valence-corrected chi connectivity index (χ1v) is 5.64. The van der Waals surface area contributed by atoms with Crippen LogP contribution in [0.1, 0.15) is 10.4 Å². The van der Waals surface area contributed by atoms with E-state index in [1.807, 2.05) is 30.3 Å². The highest BCUT2D eigenvalue weighted by molar-refractivity contribution is 9.11. The van der Waals surface area contributed by atoms with Crippen molar-refractivity contribution >= 4 is 48.9 Å². The molecule has 0 aliphatic carbocycles. The van der Waals surface area contributed by atoms with Crippen molar-refractivity contribution < 1.29 is 4.79 Å². The third-order valence-corrected chi connectivity index (χ3v) is 3.62. The molecule has 0 aromatic heterocycles. The first-order valence-electron chi connectivity index (χ1n) is 4.06. The number of carbonyl (C=O) groups excluding carboxylic acids is 1. The summed E-state index contributed by atoms with van der Waals surface area (Å²) in [6.45, 7) is 0. The molecule has 0 N–H and O–H groups in total. The van der Waals surface area contributed by atoms with E-state index in [4.69, 9.17) is 0 Å². The van der Waals surface area contributed by atoms with Crippen LogP contribution in [0.4, 0.5) is 0 Å². The standard InChI is InChI=1S/C11H6Br2O/c12-10-5-7(6-14)11(13)9-4-2-1-3-8(9)10/h1-6H. The Hall–Kier alpha value is -0.670. The first-order chi connectivity index (χ1) is 6.74. The number of fused-ring (bicyclic) bond motifs is 1. The average molecular weight is 314 g/mol. The fourth-order valence-corrected chi connectivity index (χ4v) is 2.55. The molecule has 0 spiro atoms. The average Bonchev–Trinajstić information content (AvgIpc) is 2.23. The second-order valence-corrected chi connectivity index (χ2v) is 4.57. The van der Waals surface area contributed by atoms with Crippen LogP contribution < -0.4 is 0 Å². The number of hydrogen-bond acceptors (Lipinski definition) is 1. The van der Waals surface area contributed by atoms with Crippen molar-refractivity contribution in [2.24, 2.45) is 0 Å². The molecule has 0 heterocycles. The summed E-state index contributed by atoms with van der Waals surface area (Å²) < 4.78 is 1.80. The molecule has 0 fully saturated rings. The van der Waals surface area contributed by atoms with Gasteiger partial charge in [0, 0.05) is 14.5 Å². The van der Waals surface area contributed by atoms with E-state index < -0.39 is 0 Å². The second kappa shape index (κ2) is 3.83. The van der Waals surface area contributed by atoms with Gasteiger partial charge in [-0.1, -0.05) is 40.2 Å². The summed E-state index contributed by atoms with van der Waals surface area (Å²) in [6.07, 6.45) is 0.848. The van der Waals surface area contributed by atoms with Crippen molar-refractivity contribution in [2.45, 2.75) is 0 Å². The number of carbonyl (C=O) groups is 1. The summed E-state index contributed by atoms with van der Waals surface area (Å²) in [5.74, 6) is 0. The van der Waals surface area contributed by atoms with Gasteiger partial charge in [-0.2, -0.15) is 0 Å². The molecule has 2 rings (SSSR count). The van der Waals surface area contributed by atoms with Crippen molar-refractivity contribution in [3.63, 3.8) is 0 Å². The summed E-state index contributed by atoms with van der Waals surface area (Å²) in [5.41, 5.74) is 0.663. The van der Waals surface area contributed by atoms with E-state index in [9.17, 15) is 4.79 Å². The van der Waals surface area contributed by atoms with Crippen molar-refractivity contribution in [1.29, 1.82) is 0 Å². The summed E-state index contributed by atoms with van der Waals surface area (Å²) in [6, 6.07) is 9.74. The van der Waals surface area contributed by atoms with E-state index in [0.29, 0.717) is 5.56 Å². The van der Waals surface area contributed by atoms with Crippen LogP contribution in [0.15, 0.2) is 39.3 Å². The minimum atomic E-state index is 0.663. The molecule has 1 nitrogen and oxygen atoms in total. The molecule has 0 aliphatic heterocycles. The monoisotopic (exact) mass is 312 g/mol. The summed E-state index contributed by atoms with van der Waals surface area (Å²) >= 11 is 6.87. The van der Waals surface area contributed by atoms with E-state index >= 15 is 0 Å². The second-order valence-electron chi connectivity index (χ2n) is 2.93. The highest BCUT2D eigenvalue weighted by atomic mass is 79.9. The molecule has 0 amide bonds. The lowest BCUT2D eigenvalue weighted by atomic mass is 10.1. The van der Waals surface area contributed by atoms with Crippen LogP contribution >= 0.6 is 31.9 Å². The maximum atomic E-state index is 10.8. The fraction of sp³-hybridized carbons (Fsp3) is 0. The molecule has 0 saturated heterocycles. The molecule has 14 heavy (non-hydrogen) atoms. The Labute approximate surface area is 98.4 Å². The topological polar surface area (TPSA) is 17.1 Å². The van der Waals surface area contributed by atoms with Crippen LogP contribution in [-0.4, -0.2) is 6.29 Å². The SMILES string of the molecule is O=Cc1cc(Br)c2ccccc2c1Br. The van der Waals surface area contributed by atoms with Crippen molar-refractivity contribution in [2.75, 3.05) is 0 Å². The summed E-state index contributed by atoms with van der Waals surface area (Å²) in [5, 5.41) is 2.15. The molecule has 0 aliphatic rings. The zero-order valence-corrected chi connectivity index (χ0v) is 10.3. The van der Waals surface area contributed by atoms with Gasteiger partial charge in [-0.15, -0.1) is 0 Å². The Bertz CT molecular complexity index is 506. The highest BCUT2D eigenvalue weighted by Gasteiger charge is 2.07. The maximum Gasteiger partial charge on any atom is 0.151 e. The van der Waals surface area contributed by atoms with Gasteiger partial charge >= 0.3 is 0 Å². The van der Waals surface area contributed by atoms with Gasteiger partial charge < -0.3 is 0 Å². The molecule has 0 atom stereocenters. The predicted molar refractivity (Wildman–Crippen MR) is 64.7 cm³/mol. The van der Waals surface area contributed by atoms with E-state index in [0.717, 1.165) is 26.0 Å². The molecular weight excluding hydrogens is 308 g/mol. The van der Waals surface area contributed by atoms with Crippen molar-refractivity contribution in [1.82, 2.24) is 0 Å². The van der Waals surface area contributed by atoms with Crippen LogP contribution in [0.25, 0.3) is 10.8 Å². The maximum absolute atomic E-state index is 10.8. The van der Waals surface area contributed by atoms with E-state index in [2.05, 4.69) is 31.9 Å². The van der Waals surface area contributed by atoms with Gasteiger partial charge in [0.15, 0.2) is 6.29 Å². The lowest BCUT2D eigenvalue weighted by Gasteiger charge is -2.05. The van der Waals surface area contributed by atoms with Crippen molar-refractivity contribution in [3.05, 3.63) is 44.8 Å². The third-order valence-electron chi connectivity index (χ3n) is 2.08. The Morgan fingerprint density at radius 1 is 1.07 bits per heavy atom. The molecule has 0 bridgehead atoms. The Morgan fingerprint density at radius 2 is 1.71 bits per heavy atom. The van der Waals surface area contributed by atoms with Gasteiger partial charge in [-0.3, -0.25) is 4.79 Å². The molecular formula is C11H6Br2O. The molecule has 0 unspecified atom stereocenters.